The second-order valence-corrected chi connectivity index (χ2v) is 13.6. The molecule has 4 aliphatic rings. The Morgan fingerprint density at radius 3 is 2.38 bits per heavy atom. The van der Waals surface area contributed by atoms with E-state index in [2.05, 4.69) is 40.7 Å². The predicted molar refractivity (Wildman–Crippen MR) is 138 cm³/mol. The maximum absolute atomic E-state index is 12.6. The number of rotatable bonds is 7. The number of Topliss-reactive ketones (excluding diaryl/α,β-unsaturated/α-hetero) is 2. The third kappa shape index (κ3) is 3.61. The summed E-state index contributed by atoms with van der Waals surface area (Å²) in [5, 5.41) is 0. The highest BCUT2D eigenvalue weighted by atomic mass is 16.5. The Hall–Kier alpha value is -0.960. The lowest BCUT2D eigenvalue weighted by Crippen LogP contribution is -2.57. The molecule has 3 fully saturated rings. The van der Waals surface area contributed by atoms with Crippen LogP contribution in [0, 0.1) is 45.3 Å². The van der Waals surface area contributed by atoms with Gasteiger partial charge in [-0.15, -0.1) is 0 Å². The van der Waals surface area contributed by atoms with Crippen molar-refractivity contribution in [2.24, 2.45) is 45.3 Å². The molecule has 0 spiro atoms. The number of carbonyl (C=O) groups is 2. The van der Waals surface area contributed by atoms with E-state index in [1.54, 1.807) is 19.4 Å². The molecule has 4 aliphatic carbocycles. The lowest BCUT2D eigenvalue weighted by Gasteiger charge is -2.65. The van der Waals surface area contributed by atoms with Crippen LogP contribution in [-0.4, -0.2) is 24.8 Å². The number of fused-ring (bicyclic) bond motifs is 5. The molecule has 0 saturated heterocycles. The van der Waals surface area contributed by atoms with Crippen molar-refractivity contribution in [2.45, 2.75) is 119 Å². The molecule has 0 radical (unpaired) electrons. The summed E-state index contributed by atoms with van der Waals surface area (Å²) in [5.41, 5.74) is 2.92. The van der Waals surface area contributed by atoms with Gasteiger partial charge in [-0.1, -0.05) is 46.3 Å². The summed E-state index contributed by atoms with van der Waals surface area (Å²) in [6.45, 7) is 16.1. The van der Waals surface area contributed by atoms with Crippen molar-refractivity contribution in [3.63, 3.8) is 0 Å². The van der Waals surface area contributed by atoms with Gasteiger partial charge in [0.15, 0.2) is 0 Å². The van der Waals surface area contributed by atoms with E-state index in [9.17, 15) is 9.59 Å². The fraction of sp³-hybridized carbons (Fsp3) is 0.871. The largest absolute Gasteiger partial charge is 0.381 e. The lowest BCUT2D eigenvalue weighted by atomic mass is 9.40. The average Bonchev–Trinajstić information content (AvgIpc) is 3.03. The number of ketones is 2. The second-order valence-electron chi connectivity index (χ2n) is 13.6. The second kappa shape index (κ2) is 8.86. The van der Waals surface area contributed by atoms with E-state index in [4.69, 9.17) is 4.74 Å². The Bertz CT molecular complexity index is 859. The van der Waals surface area contributed by atoms with Crippen molar-refractivity contribution in [3.05, 3.63) is 11.6 Å². The van der Waals surface area contributed by atoms with Gasteiger partial charge in [0, 0.05) is 13.5 Å². The van der Waals surface area contributed by atoms with Crippen molar-refractivity contribution in [3.8, 4) is 0 Å². The molecule has 3 saturated carbocycles. The van der Waals surface area contributed by atoms with Crippen LogP contribution in [0.4, 0.5) is 0 Å². The smallest absolute Gasteiger partial charge is 0.143 e. The molecule has 0 amide bonds. The first-order chi connectivity index (χ1) is 15.8. The van der Waals surface area contributed by atoms with Crippen LogP contribution in [0.25, 0.3) is 0 Å². The highest BCUT2D eigenvalue weighted by molar-refractivity contribution is 6.00. The number of ether oxygens (including phenoxy) is 1. The van der Waals surface area contributed by atoms with Crippen molar-refractivity contribution in [1.82, 2.24) is 0 Å². The molecule has 9 atom stereocenters. The standard InChI is InChI=1S/C31H50O3/c1-20(9-12-27(33)21(2)22(3)32)29(5)17-18-30(6)26-11-10-23-19-24(34-8)13-15-28(23,4)25(26)14-16-31(29,30)7/h10,20-21,24-26H,9,11-19H2,1-8H3/t20-,21?,24+,25+,26-,28+,29-,30+,31-/m1/s1. The van der Waals surface area contributed by atoms with E-state index < -0.39 is 5.92 Å². The minimum atomic E-state index is -0.447. The van der Waals surface area contributed by atoms with Crippen LogP contribution in [-0.2, 0) is 14.3 Å². The third-order valence-electron chi connectivity index (χ3n) is 12.9. The van der Waals surface area contributed by atoms with Gasteiger partial charge in [0.2, 0.25) is 0 Å². The van der Waals surface area contributed by atoms with Gasteiger partial charge in [0.05, 0.1) is 12.0 Å². The Labute approximate surface area is 208 Å². The van der Waals surface area contributed by atoms with Gasteiger partial charge in [-0.2, -0.15) is 0 Å². The summed E-state index contributed by atoms with van der Waals surface area (Å²) >= 11 is 0. The summed E-state index contributed by atoms with van der Waals surface area (Å²) in [6.07, 6.45) is 14.5. The monoisotopic (exact) mass is 470 g/mol. The zero-order chi connectivity index (χ0) is 25.1. The number of carbonyl (C=O) groups excluding carboxylic acids is 2. The molecule has 0 aliphatic heterocycles. The van der Waals surface area contributed by atoms with Gasteiger partial charge in [0.25, 0.3) is 0 Å². The van der Waals surface area contributed by atoms with Crippen LogP contribution < -0.4 is 0 Å². The molecule has 0 bridgehead atoms. The molecule has 0 aromatic rings. The lowest BCUT2D eigenvalue weighted by molar-refractivity contribution is -0.142. The Kier molecular flexibility index (Phi) is 6.80. The van der Waals surface area contributed by atoms with Crippen LogP contribution in [0.15, 0.2) is 11.6 Å². The maximum atomic E-state index is 12.6. The SMILES string of the molecule is CO[C@H]1CC[C@@]2(C)C(=CC[C@@H]3[C@@H]2CC[C@@]2(C)[C@@]3(C)CC[C@]2(C)[C@H](C)CCC(=O)C(C)C(C)=O)C1. The van der Waals surface area contributed by atoms with E-state index in [0.29, 0.717) is 34.7 Å². The van der Waals surface area contributed by atoms with E-state index in [-0.39, 0.29) is 17.0 Å². The number of hydrogen-bond acceptors (Lipinski definition) is 3. The van der Waals surface area contributed by atoms with Crippen LogP contribution in [0.2, 0.25) is 0 Å². The summed E-state index contributed by atoms with van der Waals surface area (Å²) in [4.78, 5) is 24.3. The van der Waals surface area contributed by atoms with E-state index in [0.717, 1.165) is 24.7 Å². The molecule has 0 heterocycles. The van der Waals surface area contributed by atoms with Gasteiger partial charge >= 0.3 is 0 Å². The van der Waals surface area contributed by atoms with E-state index >= 15 is 0 Å². The molecule has 1 unspecified atom stereocenters. The minimum absolute atomic E-state index is 0.000315. The minimum Gasteiger partial charge on any atom is -0.381 e. The molecular weight excluding hydrogens is 420 g/mol. The van der Waals surface area contributed by atoms with Crippen molar-refractivity contribution in [1.29, 1.82) is 0 Å². The summed E-state index contributed by atoms with van der Waals surface area (Å²) < 4.78 is 5.76. The van der Waals surface area contributed by atoms with Crippen molar-refractivity contribution in [2.75, 3.05) is 7.11 Å². The third-order valence-corrected chi connectivity index (χ3v) is 12.9. The zero-order valence-corrected chi connectivity index (χ0v) is 23.3. The fourth-order valence-electron chi connectivity index (χ4n) is 9.49. The van der Waals surface area contributed by atoms with Gasteiger partial charge in [-0.05, 0) is 111 Å². The predicted octanol–water partition coefficient (Wildman–Crippen LogP) is 7.57. The van der Waals surface area contributed by atoms with E-state index in [1.807, 2.05) is 7.11 Å². The van der Waals surface area contributed by atoms with Gasteiger partial charge < -0.3 is 4.74 Å². The highest BCUT2D eigenvalue weighted by Gasteiger charge is 2.68. The molecular formula is C31H50O3. The average molecular weight is 471 g/mol. The Morgan fingerprint density at radius 2 is 1.74 bits per heavy atom. The number of allylic oxidation sites excluding steroid dienone is 1. The van der Waals surface area contributed by atoms with Gasteiger partial charge in [0.1, 0.15) is 11.6 Å². The number of hydrogen-bond donors (Lipinski definition) is 0. The quantitative estimate of drug-likeness (QED) is 0.285. The first-order valence-electron chi connectivity index (χ1n) is 14.1. The molecule has 34 heavy (non-hydrogen) atoms. The van der Waals surface area contributed by atoms with Crippen LogP contribution in [0.3, 0.4) is 0 Å². The summed E-state index contributed by atoms with van der Waals surface area (Å²) in [5.74, 6) is 1.72. The van der Waals surface area contributed by atoms with Gasteiger partial charge in [-0.25, -0.2) is 0 Å². The maximum Gasteiger partial charge on any atom is 0.143 e. The van der Waals surface area contributed by atoms with E-state index in [1.165, 1.54) is 44.9 Å². The van der Waals surface area contributed by atoms with Crippen LogP contribution in [0.1, 0.15) is 113 Å². The van der Waals surface area contributed by atoms with Crippen LogP contribution in [0.5, 0.6) is 0 Å². The van der Waals surface area contributed by atoms with Gasteiger partial charge in [-0.3, -0.25) is 9.59 Å². The summed E-state index contributed by atoms with van der Waals surface area (Å²) in [6, 6.07) is 0. The molecule has 4 rings (SSSR count). The molecule has 192 valence electrons. The fourth-order valence-corrected chi connectivity index (χ4v) is 9.49. The first kappa shape index (κ1) is 26.1. The molecule has 0 N–H and O–H groups in total. The first-order valence-corrected chi connectivity index (χ1v) is 14.1. The molecule has 3 nitrogen and oxygen atoms in total. The summed E-state index contributed by atoms with van der Waals surface area (Å²) in [7, 11) is 1.88. The molecule has 0 aromatic heterocycles. The Morgan fingerprint density at radius 1 is 1.03 bits per heavy atom. The topological polar surface area (TPSA) is 43.4 Å². The van der Waals surface area contributed by atoms with Crippen molar-refractivity contribution >= 4 is 11.6 Å². The normalized spacial score (nSPS) is 45.4. The van der Waals surface area contributed by atoms with Crippen LogP contribution >= 0.6 is 0 Å². The Balaban J connectivity index is 1.56. The molecule has 0 aromatic carbocycles. The zero-order valence-electron chi connectivity index (χ0n) is 23.3. The molecule has 3 heteroatoms. The number of methoxy groups -OCH3 is 1. The highest BCUT2D eigenvalue weighted by Crippen LogP contribution is 2.76. The van der Waals surface area contributed by atoms with Crippen molar-refractivity contribution < 1.29 is 14.3 Å².